The summed E-state index contributed by atoms with van der Waals surface area (Å²) in [5.74, 6) is -1.18. The summed E-state index contributed by atoms with van der Waals surface area (Å²) in [6, 6.07) is 11.6. The number of unbranched alkanes of at least 4 members (excludes halogenated alkanes) is 3. The predicted molar refractivity (Wildman–Crippen MR) is 108 cm³/mol. The first-order valence-corrected chi connectivity index (χ1v) is 9.52. The highest BCUT2D eigenvalue weighted by Gasteiger charge is 2.19. The van der Waals surface area contributed by atoms with E-state index >= 15 is 0 Å². The van der Waals surface area contributed by atoms with E-state index in [0.717, 1.165) is 43.9 Å². The number of esters is 1. The smallest absolute Gasteiger partial charge is 0.338 e. The molecule has 2 aromatic carbocycles. The minimum atomic E-state index is -0.655. The predicted octanol–water partition coefficient (Wildman–Crippen LogP) is 5.69. The zero-order chi connectivity index (χ0) is 20.8. The Morgan fingerprint density at radius 2 is 1.93 bits per heavy atom. The number of rotatable bonds is 8. The number of benzene rings is 2. The maximum absolute atomic E-state index is 14.4. The number of carbonyl (C=O) groups is 1. The first kappa shape index (κ1) is 20.4. The van der Waals surface area contributed by atoms with E-state index in [9.17, 15) is 19.3 Å². The van der Waals surface area contributed by atoms with Crippen molar-refractivity contribution >= 4 is 22.6 Å². The van der Waals surface area contributed by atoms with Crippen LogP contribution in [0.4, 0.5) is 10.1 Å². The van der Waals surface area contributed by atoms with E-state index in [-0.39, 0.29) is 22.5 Å². The van der Waals surface area contributed by atoms with Crippen molar-refractivity contribution in [1.29, 1.82) is 0 Å². The number of halogens is 1. The monoisotopic (exact) mass is 396 g/mol. The first-order chi connectivity index (χ1) is 14.0. The van der Waals surface area contributed by atoms with Gasteiger partial charge in [-0.2, -0.15) is 0 Å². The number of hydrogen-bond donors (Lipinski definition) is 0. The van der Waals surface area contributed by atoms with Gasteiger partial charge in [-0.3, -0.25) is 10.1 Å². The molecule has 0 atom stereocenters. The molecule has 3 aromatic rings. The highest BCUT2D eigenvalue weighted by molar-refractivity contribution is 6.04. The van der Waals surface area contributed by atoms with Gasteiger partial charge < -0.3 is 4.74 Å². The third kappa shape index (κ3) is 4.74. The van der Waals surface area contributed by atoms with E-state index in [4.69, 9.17) is 4.74 Å². The SMILES string of the molecule is CCCCCCOC(=O)c1cc(-c2cc([N+](=O)[O-])ccc2F)nc2ccccc12. The standard InChI is InChI=1S/C22H21FN2O4/c1-2-3-4-7-12-29-22(26)17-14-21(24-20-9-6-5-8-16(17)20)18-13-15(25(27)28)10-11-19(18)23/h5-6,8-11,13-14H,2-4,7,12H2,1H3. The number of pyridine rings is 1. The van der Waals surface area contributed by atoms with Crippen LogP contribution in [0.15, 0.2) is 48.5 Å². The number of carbonyl (C=O) groups excluding carboxylic acids is 1. The quantitative estimate of drug-likeness (QED) is 0.211. The molecule has 0 spiro atoms. The Kier molecular flexibility index (Phi) is 6.49. The highest BCUT2D eigenvalue weighted by Crippen LogP contribution is 2.29. The van der Waals surface area contributed by atoms with E-state index in [0.29, 0.717) is 17.5 Å². The minimum Gasteiger partial charge on any atom is -0.462 e. The summed E-state index contributed by atoms with van der Waals surface area (Å²) in [5.41, 5.74) is 0.585. The molecule has 1 aromatic heterocycles. The fourth-order valence-corrected chi connectivity index (χ4v) is 3.08. The molecule has 0 N–H and O–H groups in total. The van der Waals surface area contributed by atoms with Gasteiger partial charge in [0.25, 0.3) is 5.69 Å². The van der Waals surface area contributed by atoms with E-state index in [1.54, 1.807) is 24.3 Å². The van der Waals surface area contributed by atoms with Crippen molar-refractivity contribution in [3.63, 3.8) is 0 Å². The van der Waals surface area contributed by atoms with Gasteiger partial charge in [0.15, 0.2) is 0 Å². The fourth-order valence-electron chi connectivity index (χ4n) is 3.08. The number of ether oxygens (including phenoxy) is 1. The molecule has 0 unspecified atom stereocenters. The van der Waals surface area contributed by atoms with Crippen molar-refractivity contribution in [2.45, 2.75) is 32.6 Å². The maximum atomic E-state index is 14.4. The van der Waals surface area contributed by atoms with Crippen LogP contribution in [0.1, 0.15) is 43.0 Å². The Hall–Kier alpha value is -3.35. The number of non-ortho nitro benzene ring substituents is 1. The lowest BCUT2D eigenvalue weighted by Gasteiger charge is -2.10. The molecule has 0 radical (unpaired) electrons. The van der Waals surface area contributed by atoms with Gasteiger partial charge in [0.2, 0.25) is 0 Å². The van der Waals surface area contributed by atoms with Crippen LogP contribution in [0, 0.1) is 15.9 Å². The lowest BCUT2D eigenvalue weighted by molar-refractivity contribution is -0.384. The van der Waals surface area contributed by atoms with Crippen molar-refractivity contribution in [2.24, 2.45) is 0 Å². The van der Waals surface area contributed by atoms with Gasteiger partial charge in [-0.1, -0.05) is 44.4 Å². The highest BCUT2D eigenvalue weighted by atomic mass is 19.1. The van der Waals surface area contributed by atoms with Gasteiger partial charge in [0.1, 0.15) is 5.82 Å². The lowest BCUT2D eigenvalue weighted by Crippen LogP contribution is -2.08. The Bertz CT molecular complexity index is 1050. The third-order valence-corrected chi connectivity index (χ3v) is 4.60. The minimum absolute atomic E-state index is 0.0399. The zero-order valence-corrected chi connectivity index (χ0v) is 16.1. The van der Waals surface area contributed by atoms with Crippen LogP contribution in [-0.4, -0.2) is 22.5 Å². The molecule has 3 rings (SSSR count). The molecule has 0 aliphatic rings. The molecule has 0 aliphatic heterocycles. The maximum Gasteiger partial charge on any atom is 0.338 e. The number of hydrogen-bond acceptors (Lipinski definition) is 5. The molecule has 29 heavy (non-hydrogen) atoms. The largest absolute Gasteiger partial charge is 0.462 e. The second-order valence-electron chi connectivity index (χ2n) is 6.69. The lowest BCUT2D eigenvalue weighted by atomic mass is 10.0. The van der Waals surface area contributed by atoms with Crippen molar-refractivity contribution in [3.8, 4) is 11.3 Å². The van der Waals surface area contributed by atoms with Gasteiger partial charge in [-0.15, -0.1) is 0 Å². The molecule has 6 nitrogen and oxygen atoms in total. The van der Waals surface area contributed by atoms with Crippen LogP contribution < -0.4 is 0 Å². The zero-order valence-electron chi connectivity index (χ0n) is 16.1. The van der Waals surface area contributed by atoms with Crippen molar-refractivity contribution in [3.05, 3.63) is 70.0 Å². The number of nitrogens with zero attached hydrogens (tertiary/aromatic N) is 2. The number of aromatic nitrogens is 1. The van der Waals surface area contributed by atoms with Gasteiger partial charge in [-0.05, 0) is 24.6 Å². The van der Waals surface area contributed by atoms with Crippen LogP contribution in [0.25, 0.3) is 22.2 Å². The normalized spacial score (nSPS) is 10.8. The molecular weight excluding hydrogens is 375 g/mol. The summed E-state index contributed by atoms with van der Waals surface area (Å²) in [6.07, 6.45) is 3.91. The van der Waals surface area contributed by atoms with Crippen molar-refractivity contribution in [1.82, 2.24) is 4.98 Å². The number of nitro groups is 1. The topological polar surface area (TPSA) is 82.3 Å². The average molecular weight is 396 g/mol. The summed E-state index contributed by atoms with van der Waals surface area (Å²) in [4.78, 5) is 27.5. The summed E-state index contributed by atoms with van der Waals surface area (Å²) >= 11 is 0. The van der Waals surface area contributed by atoms with Gasteiger partial charge in [-0.25, -0.2) is 14.2 Å². The van der Waals surface area contributed by atoms with Crippen LogP contribution in [-0.2, 0) is 4.74 Å². The number of para-hydroxylation sites is 1. The summed E-state index contributed by atoms with van der Waals surface area (Å²) in [6.45, 7) is 2.40. The van der Waals surface area contributed by atoms with E-state index in [1.807, 2.05) is 0 Å². The molecule has 0 saturated carbocycles. The third-order valence-electron chi connectivity index (χ3n) is 4.60. The molecule has 0 aliphatic carbocycles. The summed E-state index contributed by atoms with van der Waals surface area (Å²) < 4.78 is 19.8. The number of nitro benzene ring substituents is 1. The molecule has 0 fully saturated rings. The van der Waals surface area contributed by atoms with Gasteiger partial charge in [0.05, 0.1) is 28.3 Å². The molecule has 1 heterocycles. The summed E-state index contributed by atoms with van der Waals surface area (Å²) in [5, 5.41) is 11.6. The van der Waals surface area contributed by atoms with E-state index in [1.165, 1.54) is 6.07 Å². The Labute approximate surface area is 167 Å². The van der Waals surface area contributed by atoms with Gasteiger partial charge in [0, 0.05) is 23.1 Å². The number of fused-ring (bicyclic) bond motifs is 1. The van der Waals surface area contributed by atoms with Crippen LogP contribution in [0.3, 0.4) is 0 Å². The average Bonchev–Trinajstić information content (AvgIpc) is 2.72. The Balaban J connectivity index is 2.00. The van der Waals surface area contributed by atoms with Gasteiger partial charge >= 0.3 is 5.97 Å². The second kappa shape index (κ2) is 9.23. The van der Waals surface area contributed by atoms with Crippen LogP contribution >= 0.6 is 0 Å². The first-order valence-electron chi connectivity index (χ1n) is 9.52. The fraction of sp³-hybridized carbons (Fsp3) is 0.273. The van der Waals surface area contributed by atoms with E-state index in [2.05, 4.69) is 11.9 Å². The van der Waals surface area contributed by atoms with Crippen molar-refractivity contribution < 1.29 is 18.8 Å². The Morgan fingerprint density at radius 1 is 1.14 bits per heavy atom. The Morgan fingerprint density at radius 3 is 2.69 bits per heavy atom. The van der Waals surface area contributed by atoms with Crippen molar-refractivity contribution in [2.75, 3.05) is 6.61 Å². The van der Waals surface area contributed by atoms with E-state index < -0.39 is 16.7 Å². The van der Waals surface area contributed by atoms with Crippen LogP contribution in [0.2, 0.25) is 0 Å². The molecule has 150 valence electrons. The summed E-state index contributed by atoms with van der Waals surface area (Å²) in [7, 11) is 0. The molecule has 0 saturated heterocycles. The molecule has 7 heteroatoms. The van der Waals surface area contributed by atoms with Crippen LogP contribution in [0.5, 0.6) is 0 Å². The second-order valence-corrected chi connectivity index (χ2v) is 6.69. The molecule has 0 bridgehead atoms. The molecular formula is C22H21FN2O4. The molecule has 0 amide bonds.